The quantitative estimate of drug-likeness (QED) is 0.361. The molecule has 3 aromatic carbocycles. The fourth-order valence-electron chi connectivity index (χ4n) is 5.04. The third-order valence-electron chi connectivity index (χ3n) is 6.66. The van der Waals surface area contributed by atoms with Gasteiger partial charge >= 0.3 is 0 Å². The molecule has 5 rings (SSSR count). The highest BCUT2D eigenvalue weighted by atomic mass is 14.9. The van der Waals surface area contributed by atoms with E-state index in [4.69, 9.17) is 0 Å². The third-order valence-corrected chi connectivity index (χ3v) is 6.66. The van der Waals surface area contributed by atoms with Crippen molar-refractivity contribution in [3.05, 3.63) is 101 Å². The Morgan fingerprint density at radius 2 is 1.58 bits per heavy atom. The van der Waals surface area contributed by atoms with Crippen LogP contribution in [0.3, 0.4) is 0 Å². The fourth-order valence-corrected chi connectivity index (χ4v) is 5.04. The fraction of sp³-hybridized carbons (Fsp3) is 0.172. The molecule has 0 saturated carbocycles. The molecule has 0 saturated heterocycles. The van der Waals surface area contributed by atoms with Gasteiger partial charge in [-0.2, -0.15) is 5.26 Å². The molecule has 0 bridgehead atoms. The van der Waals surface area contributed by atoms with Crippen LogP contribution in [0.15, 0.2) is 79.0 Å². The van der Waals surface area contributed by atoms with Gasteiger partial charge in [-0.3, -0.25) is 0 Å². The normalized spacial score (nSPS) is 13.4. The zero-order chi connectivity index (χ0) is 21.8. The van der Waals surface area contributed by atoms with Crippen molar-refractivity contribution in [2.24, 2.45) is 7.05 Å². The molecule has 0 amide bonds. The van der Waals surface area contributed by atoms with Crippen molar-refractivity contribution in [2.45, 2.75) is 26.2 Å². The molecule has 150 valence electrons. The van der Waals surface area contributed by atoms with Gasteiger partial charge in [0.1, 0.15) is 7.05 Å². The second-order valence-corrected chi connectivity index (χ2v) is 8.95. The van der Waals surface area contributed by atoms with Gasteiger partial charge in [0.05, 0.1) is 17.2 Å². The summed E-state index contributed by atoms with van der Waals surface area (Å²) in [5.74, 6) is 0. The van der Waals surface area contributed by atoms with Gasteiger partial charge < -0.3 is 0 Å². The molecule has 0 fully saturated rings. The molecule has 0 spiro atoms. The highest BCUT2D eigenvalue weighted by Gasteiger charge is 2.39. The molecule has 31 heavy (non-hydrogen) atoms. The summed E-state index contributed by atoms with van der Waals surface area (Å²) < 4.78 is 2.22. The van der Waals surface area contributed by atoms with E-state index in [2.05, 4.69) is 111 Å². The average Bonchev–Trinajstić information content (AvgIpc) is 3.01. The van der Waals surface area contributed by atoms with E-state index in [9.17, 15) is 5.26 Å². The zero-order valence-electron chi connectivity index (χ0n) is 18.4. The van der Waals surface area contributed by atoms with Crippen molar-refractivity contribution in [3.63, 3.8) is 0 Å². The van der Waals surface area contributed by atoms with Crippen molar-refractivity contribution in [3.8, 4) is 39.6 Å². The van der Waals surface area contributed by atoms with E-state index >= 15 is 0 Å². The lowest BCUT2D eigenvalue weighted by atomic mass is 9.78. The number of hydrogen-bond donors (Lipinski definition) is 0. The largest absolute Gasteiger partial charge is 0.213 e. The predicted molar refractivity (Wildman–Crippen MR) is 126 cm³/mol. The first-order valence-electron chi connectivity index (χ1n) is 10.7. The summed E-state index contributed by atoms with van der Waals surface area (Å²) in [4.78, 5) is 0. The molecule has 0 atom stereocenters. The lowest BCUT2D eigenvalue weighted by molar-refractivity contribution is -0.660. The van der Waals surface area contributed by atoms with Gasteiger partial charge in [-0.15, -0.1) is 0 Å². The number of nitriles is 1. The molecular weight excluding hydrogens is 376 g/mol. The highest BCUT2D eigenvalue weighted by molar-refractivity contribution is 5.89. The van der Waals surface area contributed by atoms with Crippen LogP contribution in [0, 0.1) is 18.3 Å². The standard InChI is InChI=1S/C29H25N2/c1-19-10-12-24-23-13-11-20(18-30)16-25(23)29(2,3)28(24)27(19)26-17-22(14-15-31(26)4)21-8-6-5-7-9-21/h5-17H,1-4H3/q+1. The van der Waals surface area contributed by atoms with Crippen LogP contribution in [-0.2, 0) is 12.5 Å². The van der Waals surface area contributed by atoms with E-state index in [0.717, 1.165) is 5.56 Å². The van der Waals surface area contributed by atoms with Crippen LogP contribution < -0.4 is 4.57 Å². The smallest absolute Gasteiger partial charge is 0.201 e. The van der Waals surface area contributed by atoms with Crippen LogP contribution in [0.4, 0.5) is 0 Å². The monoisotopic (exact) mass is 401 g/mol. The van der Waals surface area contributed by atoms with Crippen LogP contribution in [0.1, 0.15) is 36.1 Å². The number of pyridine rings is 1. The van der Waals surface area contributed by atoms with Gasteiger partial charge in [0.2, 0.25) is 5.69 Å². The summed E-state index contributed by atoms with van der Waals surface area (Å²) in [6, 6.07) is 27.9. The number of benzene rings is 3. The predicted octanol–water partition coefficient (Wildman–Crippen LogP) is 6.33. The summed E-state index contributed by atoms with van der Waals surface area (Å²) in [5, 5.41) is 9.45. The van der Waals surface area contributed by atoms with Crippen molar-refractivity contribution in [1.29, 1.82) is 5.26 Å². The molecule has 0 N–H and O–H groups in total. The number of fused-ring (bicyclic) bond motifs is 3. The molecule has 0 unspecified atom stereocenters. The van der Waals surface area contributed by atoms with E-state index < -0.39 is 0 Å². The van der Waals surface area contributed by atoms with Gasteiger partial charge in [-0.25, -0.2) is 4.57 Å². The van der Waals surface area contributed by atoms with Crippen LogP contribution in [0.2, 0.25) is 0 Å². The molecule has 0 aliphatic heterocycles. The van der Waals surface area contributed by atoms with Crippen LogP contribution >= 0.6 is 0 Å². The Morgan fingerprint density at radius 1 is 0.839 bits per heavy atom. The molecule has 2 nitrogen and oxygen atoms in total. The van der Waals surface area contributed by atoms with Gasteiger partial charge in [0.15, 0.2) is 6.20 Å². The molecular formula is C29H25N2+. The number of rotatable bonds is 2. The van der Waals surface area contributed by atoms with E-state index in [1.165, 1.54) is 50.2 Å². The number of nitrogens with zero attached hydrogens (tertiary/aromatic N) is 2. The molecule has 4 aromatic rings. The minimum Gasteiger partial charge on any atom is -0.201 e. The Balaban J connectivity index is 1.79. The lowest BCUT2D eigenvalue weighted by Gasteiger charge is -2.25. The van der Waals surface area contributed by atoms with Crippen molar-refractivity contribution >= 4 is 0 Å². The summed E-state index contributed by atoms with van der Waals surface area (Å²) in [6.45, 7) is 6.76. The lowest BCUT2D eigenvalue weighted by Crippen LogP contribution is -2.31. The average molecular weight is 402 g/mol. The maximum absolute atomic E-state index is 9.45. The van der Waals surface area contributed by atoms with Crippen molar-refractivity contribution < 1.29 is 4.57 Å². The van der Waals surface area contributed by atoms with Gasteiger partial charge in [0, 0.05) is 17.5 Å². The Bertz CT molecular complexity index is 1370. The first-order valence-corrected chi connectivity index (χ1v) is 10.7. The summed E-state index contributed by atoms with van der Waals surface area (Å²) >= 11 is 0. The van der Waals surface area contributed by atoms with E-state index in [0.29, 0.717) is 0 Å². The Morgan fingerprint density at radius 3 is 2.32 bits per heavy atom. The molecule has 1 aliphatic carbocycles. The van der Waals surface area contributed by atoms with Crippen LogP contribution in [0.25, 0.3) is 33.5 Å². The topological polar surface area (TPSA) is 27.7 Å². The van der Waals surface area contributed by atoms with E-state index in [1.54, 1.807) is 0 Å². The minimum absolute atomic E-state index is 0.186. The number of hydrogen-bond acceptors (Lipinski definition) is 1. The van der Waals surface area contributed by atoms with Crippen molar-refractivity contribution in [2.75, 3.05) is 0 Å². The number of aryl methyl sites for hydroxylation is 2. The summed E-state index contributed by atoms with van der Waals surface area (Å²) in [7, 11) is 2.12. The van der Waals surface area contributed by atoms with Crippen LogP contribution in [0.5, 0.6) is 0 Å². The maximum Gasteiger partial charge on any atom is 0.213 e. The van der Waals surface area contributed by atoms with Crippen molar-refractivity contribution in [1.82, 2.24) is 0 Å². The Labute approximate surface area is 184 Å². The van der Waals surface area contributed by atoms with Gasteiger partial charge in [0.25, 0.3) is 0 Å². The first-order chi connectivity index (χ1) is 14.9. The molecule has 1 heterocycles. The van der Waals surface area contributed by atoms with E-state index in [1.807, 2.05) is 6.07 Å². The Kier molecular flexibility index (Phi) is 4.31. The maximum atomic E-state index is 9.45. The second kappa shape index (κ2) is 6.93. The molecule has 1 aliphatic rings. The SMILES string of the molecule is Cc1ccc2c(c1-c1cc(-c3ccccc3)cc[n+]1C)C(C)(C)c1cc(C#N)ccc1-2. The summed E-state index contributed by atoms with van der Waals surface area (Å²) in [5.41, 5.74) is 11.8. The minimum atomic E-state index is -0.186. The third kappa shape index (κ3) is 2.89. The zero-order valence-corrected chi connectivity index (χ0v) is 18.4. The van der Waals surface area contributed by atoms with E-state index in [-0.39, 0.29) is 5.41 Å². The van der Waals surface area contributed by atoms with Gasteiger partial charge in [-0.1, -0.05) is 62.4 Å². The van der Waals surface area contributed by atoms with Gasteiger partial charge in [-0.05, 0) is 58.0 Å². The summed E-state index contributed by atoms with van der Waals surface area (Å²) in [6.07, 6.45) is 2.15. The van der Waals surface area contributed by atoms with Crippen LogP contribution in [-0.4, -0.2) is 0 Å². The second-order valence-electron chi connectivity index (χ2n) is 8.95. The first kappa shape index (κ1) is 19.3. The highest BCUT2D eigenvalue weighted by Crippen LogP contribution is 2.52. The number of aromatic nitrogens is 1. The molecule has 1 aromatic heterocycles. The Hall–Kier alpha value is -3.70. The molecule has 2 heteroatoms. The molecule has 0 radical (unpaired) electrons.